The smallest absolute Gasteiger partial charge is 0.203 e. The Balaban J connectivity index is 2.84. The van der Waals surface area contributed by atoms with Crippen LogP contribution in [0.25, 0.3) is 6.08 Å². The summed E-state index contributed by atoms with van der Waals surface area (Å²) < 4.78 is 16.7. The average molecular weight is 362 g/mol. The van der Waals surface area contributed by atoms with Gasteiger partial charge < -0.3 is 24.4 Å². The molecule has 0 bridgehead atoms. The first-order valence-corrected chi connectivity index (χ1v) is 8.52. The molecule has 0 spiro atoms. The first-order valence-electron chi connectivity index (χ1n) is 8.52. The highest BCUT2D eigenvalue weighted by molar-refractivity contribution is 5.62. The number of allylic oxidation sites excluding steroid dienone is 2. The van der Waals surface area contributed by atoms with Crippen LogP contribution in [0.1, 0.15) is 32.8 Å². The fraction of sp³-hybridized carbons (Fsp3) is 0.429. The molecule has 144 valence electrons. The van der Waals surface area contributed by atoms with Gasteiger partial charge in [-0.15, -0.1) is 0 Å². The summed E-state index contributed by atoms with van der Waals surface area (Å²) in [5.41, 5.74) is 1.18. The minimum absolute atomic E-state index is 0.0329. The van der Waals surface area contributed by atoms with Crippen molar-refractivity contribution in [2.75, 3.05) is 27.4 Å². The second-order valence-electron chi connectivity index (χ2n) is 6.46. The van der Waals surface area contributed by atoms with Crippen molar-refractivity contribution in [1.29, 1.82) is 0 Å². The second kappa shape index (κ2) is 10.7. The normalized spacial score (nSPS) is 12.8. The predicted octanol–water partition coefficient (Wildman–Crippen LogP) is 3.75. The van der Waals surface area contributed by atoms with Crippen molar-refractivity contribution in [2.24, 2.45) is 0 Å². The Morgan fingerprint density at radius 3 is 2.23 bits per heavy atom. The first kappa shape index (κ1) is 21.8. The lowest BCUT2D eigenvalue weighted by Gasteiger charge is -2.15. The van der Waals surface area contributed by atoms with Gasteiger partial charge in [-0.1, -0.05) is 29.9 Å². The molecule has 0 aromatic heterocycles. The van der Waals surface area contributed by atoms with Gasteiger partial charge in [-0.05, 0) is 51.0 Å². The maximum absolute atomic E-state index is 9.67. The van der Waals surface area contributed by atoms with E-state index >= 15 is 0 Å². The zero-order chi connectivity index (χ0) is 19.6. The molecule has 0 fully saturated rings. The third kappa shape index (κ3) is 7.76. The van der Waals surface area contributed by atoms with E-state index in [1.807, 2.05) is 31.2 Å². The number of hydrogen-bond donors (Lipinski definition) is 2. The van der Waals surface area contributed by atoms with Crippen LogP contribution in [0.4, 0.5) is 0 Å². The van der Waals surface area contributed by atoms with E-state index < -0.39 is 5.60 Å². The molecule has 1 rings (SSSR count). The fourth-order valence-electron chi connectivity index (χ4n) is 2.21. The quantitative estimate of drug-likeness (QED) is 0.621. The van der Waals surface area contributed by atoms with Gasteiger partial charge in [0.15, 0.2) is 11.5 Å². The highest BCUT2D eigenvalue weighted by atomic mass is 16.5. The molecule has 0 saturated carbocycles. The number of rotatable bonds is 10. The van der Waals surface area contributed by atoms with E-state index in [2.05, 4.69) is 0 Å². The Morgan fingerprint density at radius 2 is 1.73 bits per heavy atom. The third-order valence-corrected chi connectivity index (χ3v) is 3.52. The van der Waals surface area contributed by atoms with E-state index in [0.29, 0.717) is 23.9 Å². The van der Waals surface area contributed by atoms with Gasteiger partial charge in [0.1, 0.15) is 6.61 Å². The molecule has 0 amide bonds. The number of methoxy groups -OCH3 is 2. The summed E-state index contributed by atoms with van der Waals surface area (Å²) in [4.78, 5) is 0. The lowest BCUT2D eigenvalue weighted by atomic mass is 10.1. The highest BCUT2D eigenvalue weighted by Crippen LogP contribution is 2.39. The van der Waals surface area contributed by atoms with Crippen LogP contribution in [0.15, 0.2) is 42.0 Å². The van der Waals surface area contributed by atoms with E-state index in [0.717, 1.165) is 17.6 Å². The topological polar surface area (TPSA) is 68.2 Å². The summed E-state index contributed by atoms with van der Waals surface area (Å²) >= 11 is 0. The van der Waals surface area contributed by atoms with E-state index in [-0.39, 0.29) is 6.61 Å². The van der Waals surface area contributed by atoms with Crippen molar-refractivity contribution in [1.82, 2.24) is 0 Å². The monoisotopic (exact) mass is 362 g/mol. The van der Waals surface area contributed by atoms with Gasteiger partial charge in [-0.3, -0.25) is 0 Å². The number of hydrogen-bond acceptors (Lipinski definition) is 5. The molecule has 1 aromatic rings. The fourth-order valence-corrected chi connectivity index (χ4v) is 2.21. The Bertz CT molecular complexity index is 626. The van der Waals surface area contributed by atoms with Gasteiger partial charge in [0.2, 0.25) is 5.75 Å². The molecule has 5 nitrogen and oxygen atoms in total. The zero-order valence-electron chi connectivity index (χ0n) is 16.3. The molecule has 2 N–H and O–H groups in total. The van der Waals surface area contributed by atoms with Crippen molar-refractivity contribution >= 4 is 6.08 Å². The van der Waals surface area contributed by atoms with Gasteiger partial charge in [0.05, 0.1) is 26.4 Å². The minimum Gasteiger partial charge on any atom is -0.493 e. The van der Waals surface area contributed by atoms with Crippen molar-refractivity contribution < 1.29 is 24.4 Å². The summed E-state index contributed by atoms with van der Waals surface area (Å²) in [6.45, 7) is 5.83. The van der Waals surface area contributed by atoms with Crippen molar-refractivity contribution in [3.63, 3.8) is 0 Å². The van der Waals surface area contributed by atoms with Crippen LogP contribution in [-0.4, -0.2) is 43.2 Å². The largest absolute Gasteiger partial charge is 0.493 e. The van der Waals surface area contributed by atoms with Crippen LogP contribution >= 0.6 is 0 Å². The van der Waals surface area contributed by atoms with Crippen molar-refractivity contribution in [3.05, 3.63) is 47.6 Å². The molecule has 0 aliphatic carbocycles. The SMILES string of the molecule is COc1cc(/C=C/CO)cc(OC)c1OC/C=C(\C)C/C=C/C(C)(C)O. The first-order chi connectivity index (χ1) is 12.3. The van der Waals surface area contributed by atoms with Gasteiger partial charge in [-0.25, -0.2) is 0 Å². The van der Waals surface area contributed by atoms with Gasteiger partial charge in [0, 0.05) is 0 Å². The minimum atomic E-state index is -0.802. The number of benzene rings is 1. The van der Waals surface area contributed by atoms with Crippen molar-refractivity contribution in [2.45, 2.75) is 32.8 Å². The van der Waals surface area contributed by atoms with Crippen LogP contribution in [-0.2, 0) is 0 Å². The zero-order valence-corrected chi connectivity index (χ0v) is 16.3. The third-order valence-electron chi connectivity index (χ3n) is 3.52. The van der Waals surface area contributed by atoms with E-state index in [1.165, 1.54) is 0 Å². The molecule has 5 heteroatoms. The second-order valence-corrected chi connectivity index (χ2v) is 6.46. The molecular weight excluding hydrogens is 332 g/mol. The molecule has 0 radical (unpaired) electrons. The van der Waals surface area contributed by atoms with Crippen LogP contribution in [0.5, 0.6) is 17.2 Å². The molecule has 1 aromatic carbocycles. The summed E-state index contributed by atoms with van der Waals surface area (Å²) in [6, 6.07) is 3.65. The summed E-state index contributed by atoms with van der Waals surface area (Å²) in [5.74, 6) is 1.66. The lowest BCUT2D eigenvalue weighted by molar-refractivity contribution is 0.133. The molecule has 0 unspecified atom stereocenters. The standard InChI is InChI=1S/C21H30O5/c1-16(8-6-11-21(2,3)23)10-13-26-20-18(24-4)14-17(9-7-12-22)15-19(20)25-5/h6-7,9-11,14-15,22-23H,8,12-13H2,1-5H3/b9-7+,11-6+,16-10+. The van der Waals surface area contributed by atoms with Crippen LogP contribution in [0.2, 0.25) is 0 Å². The molecule has 26 heavy (non-hydrogen) atoms. The van der Waals surface area contributed by atoms with Crippen molar-refractivity contribution in [3.8, 4) is 17.2 Å². The number of aliphatic hydroxyl groups is 2. The van der Waals surface area contributed by atoms with Crippen LogP contribution in [0, 0.1) is 0 Å². The molecule has 0 atom stereocenters. The van der Waals surface area contributed by atoms with Crippen LogP contribution < -0.4 is 14.2 Å². The predicted molar refractivity (Wildman–Crippen MR) is 105 cm³/mol. The Kier molecular flexibility index (Phi) is 8.96. The average Bonchev–Trinajstić information content (AvgIpc) is 2.58. The molecule has 0 heterocycles. The molecule has 0 aliphatic rings. The summed E-state index contributed by atoms with van der Waals surface area (Å²) in [6.07, 6.45) is 9.86. The lowest BCUT2D eigenvalue weighted by Crippen LogP contribution is -2.13. The van der Waals surface area contributed by atoms with E-state index in [1.54, 1.807) is 46.3 Å². The maximum Gasteiger partial charge on any atom is 0.203 e. The van der Waals surface area contributed by atoms with Crippen LogP contribution in [0.3, 0.4) is 0 Å². The summed E-state index contributed by atoms with van der Waals surface area (Å²) in [5, 5.41) is 18.6. The highest BCUT2D eigenvalue weighted by Gasteiger charge is 2.13. The van der Waals surface area contributed by atoms with Gasteiger partial charge in [-0.2, -0.15) is 0 Å². The Labute approximate surface area is 156 Å². The summed E-state index contributed by atoms with van der Waals surface area (Å²) in [7, 11) is 3.15. The Morgan fingerprint density at radius 1 is 1.12 bits per heavy atom. The molecule has 0 aliphatic heterocycles. The Hall–Kier alpha value is -2.24. The molecular formula is C21H30O5. The number of ether oxygens (including phenoxy) is 3. The van der Waals surface area contributed by atoms with Gasteiger partial charge in [0.25, 0.3) is 0 Å². The maximum atomic E-state index is 9.67. The van der Waals surface area contributed by atoms with Gasteiger partial charge >= 0.3 is 0 Å². The van der Waals surface area contributed by atoms with E-state index in [4.69, 9.17) is 19.3 Å². The van der Waals surface area contributed by atoms with E-state index in [9.17, 15) is 5.11 Å². The molecule has 0 saturated heterocycles. The number of aliphatic hydroxyl groups excluding tert-OH is 1.